The fourth-order valence-corrected chi connectivity index (χ4v) is 1.14. The lowest BCUT2D eigenvalue weighted by Gasteiger charge is -2.02. The van der Waals surface area contributed by atoms with Crippen LogP contribution < -0.4 is 0 Å². The van der Waals surface area contributed by atoms with Gasteiger partial charge in [-0.25, -0.2) is 4.98 Å². The highest BCUT2D eigenvalue weighted by Gasteiger charge is 2.04. The van der Waals surface area contributed by atoms with E-state index >= 15 is 0 Å². The van der Waals surface area contributed by atoms with Crippen LogP contribution in [0.4, 0.5) is 0 Å². The lowest BCUT2D eigenvalue weighted by Crippen LogP contribution is -1.99. The van der Waals surface area contributed by atoms with Crippen molar-refractivity contribution < 1.29 is 0 Å². The first-order valence-corrected chi connectivity index (χ1v) is 4.37. The van der Waals surface area contributed by atoms with Crippen LogP contribution in [-0.2, 0) is 0 Å². The van der Waals surface area contributed by atoms with Crippen molar-refractivity contribution in [1.82, 2.24) is 15.2 Å². The summed E-state index contributed by atoms with van der Waals surface area (Å²) in [6.45, 7) is 4.12. The van der Waals surface area contributed by atoms with Crippen LogP contribution in [0.2, 0.25) is 0 Å². The van der Waals surface area contributed by atoms with Gasteiger partial charge in [-0.1, -0.05) is 26.0 Å². The molecule has 0 fully saturated rings. The second-order valence-corrected chi connectivity index (χ2v) is 3.31. The second-order valence-electron chi connectivity index (χ2n) is 3.31. The Morgan fingerprint density at radius 2 is 1.69 bits per heavy atom. The number of aromatic nitrogens is 3. The molecule has 0 bridgehead atoms. The summed E-state index contributed by atoms with van der Waals surface area (Å²) < 4.78 is 0. The van der Waals surface area contributed by atoms with E-state index in [0.717, 1.165) is 16.9 Å². The second kappa shape index (κ2) is 3.09. The molecule has 3 nitrogen and oxygen atoms in total. The molecular formula is C10H11N3. The minimum atomic E-state index is 0.331. The van der Waals surface area contributed by atoms with Crippen LogP contribution >= 0.6 is 0 Å². The standard InChI is InChI=1S/C10H11N3/c1-7(2)10-11-8-5-3-4-6-9(8)12-13-10/h3-7H,1-2H3. The van der Waals surface area contributed by atoms with Crippen molar-refractivity contribution in [2.75, 3.05) is 0 Å². The Hall–Kier alpha value is -1.51. The van der Waals surface area contributed by atoms with Crippen molar-refractivity contribution in [2.45, 2.75) is 19.8 Å². The predicted molar refractivity (Wildman–Crippen MR) is 51.4 cm³/mol. The highest BCUT2D eigenvalue weighted by molar-refractivity contribution is 5.72. The summed E-state index contributed by atoms with van der Waals surface area (Å²) in [5, 5.41) is 8.14. The maximum Gasteiger partial charge on any atom is 0.154 e. The van der Waals surface area contributed by atoms with E-state index in [2.05, 4.69) is 29.0 Å². The van der Waals surface area contributed by atoms with Gasteiger partial charge in [0, 0.05) is 5.92 Å². The molecule has 0 aliphatic heterocycles. The van der Waals surface area contributed by atoms with Gasteiger partial charge in [0.05, 0.1) is 5.52 Å². The Bertz CT molecular complexity index is 423. The molecule has 1 aromatic heterocycles. The van der Waals surface area contributed by atoms with Crippen LogP contribution in [0.25, 0.3) is 11.0 Å². The van der Waals surface area contributed by atoms with Crippen LogP contribution in [-0.4, -0.2) is 15.2 Å². The van der Waals surface area contributed by atoms with E-state index in [0.29, 0.717) is 5.92 Å². The summed E-state index contributed by atoms with van der Waals surface area (Å²) >= 11 is 0. The average Bonchev–Trinajstić information content (AvgIpc) is 2.17. The predicted octanol–water partition coefficient (Wildman–Crippen LogP) is 2.15. The number of para-hydroxylation sites is 1. The van der Waals surface area contributed by atoms with Crippen molar-refractivity contribution in [3.8, 4) is 0 Å². The van der Waals surface area contributed by atoms with E-state index in [1.807, 2.05) is 24.3 Å². The fraction of sp³-hybridized carbons (Fsp3) is 0.300. The molecule has 0 N–H and O–H groups in total. The molecule has 0 aliphatic rings. The molecule has 1 aromatic carbocycles. The van der Waals surface area contributed by atoms with Gasteiger partial charge in [0.1, 0.15) is 5.52 Å². The average molecular weight is 173 g/mol. The van der Waals surface area contributed by atoms with Crippen molar-refractivity contribution >= 4 is 11.0 Å². The summed E-state index contributed by atoms with van der Waals surface area (Å²) in [5.74, 6) is 1.14. The molecule has 66 valence electrons. The molecule has 0 unspecified atom stereocenters. The molecule has 0 saturated carbocycles. The van der Waals surface area contributed by atoms with E-state index in [1.54, 1.807) is 0 Å². The molecule has 0 amide bonds. The zero-order valence-electron chi connectivity index (χ0n) is 7.73. The van der Waals surface area contributed by atoms with E-state index in [-0.39, 0.29) is 0 Å². The lowest BCUT2D eigenvalue weighted by molar-refractivity contribution is 0.751. The van der Waals surface area contributed by atoms with E-state index in [9.17, 15) is 0 Å². The van der Waals surface area contributed by atoms with Gasteiger partial charge < -0.3 is 0 Å². The van der Waals surface area contributed by atoms with Gasteiger partial charge in [-0.05, 0) is 12.1 Å². The first-order valence-electron chi connectivity index (χ1n) is 4.37. The molecule has 1 heterocycles. The van der Waals surface area contributed by atoms with Crippen LogP contribution in [0.15, 0.2) is 24.3 Å². The smallest absolute Gasteiger partial charge is 0.154 e. The van der Waals surface area contributed by atoms with Gasteiger partial charge in [-0.2, -0.15) is 0 Å². The fourth-order valence-electron chi connectivity index (χ4n) is 1.14. The Morgan fingerprint density at radius 3 is 2.38 bits per heavy atom. The largest absolute Gasteiger partial charge is 0.229 e. The first kappa shape index (κ1) is 8.10. The summed E-state index contributed by atoms with van der Waals surface area (Å²) in [6.07, 6.45) is 0. The third-order valence-electron chi connectivity index (χ3n) is 1.89. The third-order valence-corrected chi connectivity index (χ3v) is 1.89. The van der Waals surface area contributed by atoms with E-state index in [4.69, 9.17) is 0 Å². The minimum absolute atomic E-state index is 0.331. The molecule has 0 saturated heterocycles. The molecule has 0 radical (unpaired) electrons. The Labute approximate surface area is 76.8 Å². The Morgan fingerprint density at radius 1 is 1.00 bits per heavy atom. The molecule has 0 spiro atoms. The molecule has 0 aliphatic carbocycles. The summed E-state index contributed by atoms with van der Waals surface area (Å²) in [5.41, 5.74) is 1.77. The van der Waals surface area contributed by atoms with Gasteiger partial charge in [0.15, 0.2) is 5.82 Å². The van der Waals surface area contributed by atoms with Gasteiger partial charge in [-0.3, -0.25) is 0 Å². The normalized spacial score (nSPS) is 11.0. The summed E-state index contributed by atoms with van der Waals surface area (Å²) in [6, 6.07) is 7.77. The van der Waals surface area contributed by atoms with Gasteiger partial charge in [0.2, 0.25) is 0 Å². The van der Waals surface area contributed by atoms with Crippen molar-refractivity contribution in [3.05, 3.63) is 30.1 Å². The maximum absolute atomic E-state index is 4.40. The molecule has 2 aromatic rings. The highest BCUT2D eigenvalue weighted by Crippen LogP contribution is 2.11. The van der Waals surface area contributed by atoms with Crippen LogP contribution in [0, 0.1) is 0 Å². The summed E-state index contributed by atoms with van der Waals surface area (Å²) in [7, 11) is 0. The van der Waals surface area contributed by atoms with E-state index in [1.165, 1.54) is 0 Å². The van der Waals surface area contributed by atoms with Crippen LogP contribution in [0.5, 0.6) is 0 Å². The Kier molecular flexibility index (Phi) is 1.93. The molecular weight excluding hydrogens is 162 g/mol. The topological polar surface area (TPSA) is 38.7 Å². The summed E-state index contributed by atoms with van der Waals surface area (Å²) in [4.78, 5) is 4.40. The quantitative estimate of drug-likeness (QED) is 0.663. The number of hydrogen-bond donors (Lipinski definition) is 0. The monoisotopic (exact) mass is 173 g/mol. The highest BCUT2D eigenvalue weighted by atomic mass is 15.2. The van der Waals surface area contributed by atoms with E-state index < -0.39 is 0 Å². The number of benzene rings is 1. The maximum atomic E-state index is 4.40. The molecule has 13 heavy (non-hydrogen) atoms. The number of hydrogen-bond acceptors (Lipinski definition) is 3. The molecule has 3 heteroatoms. The van der Waals surface area contributed by atoms with Gasteiger partial charge in [-0.15, -0.1) is 10.2 Å². The zero-order chi connectivity index (χ0) is 9.26. The molecule has 0 atom stereocenters. The number of rotatable bonds is 1. The first-order chi connectivity index (χ1) is 6.27. The third kappa shape index (κ3) is 1.49. The number of nitrogens with zero attached hydrogens (tertiary/aromatic N) is 3. The Balaban J connectivity index is 2.62. The zero-order valence-corrected chi connectivity index (χ0v) is 7.73. The minimum Gasteiger partial charge on any atom is -0.229 e. The van der Waals surface area contributed by atoms with Gasteiger partial charge in [0.25, 0.3) is 0 Å². The van der Waals surface area contributed by atoms with Crippen molar-refractivity contribution in [3.63, 3.8) is 0 Å². The lowest BCUT2D eigenvalue weighted by atomic mass is 10.2. The molecule has 2 rings (SSSR count). The van der Waals surface area contributed by atoms with Crippen molar-refractivity contribution in [2.24, 2.45) is 0 Å². The van der Waals surface area contributed by atoms with Crippen molar-refractivity contribution in [1.29, 1.82) is 0 Å². The van der Waals surface area contributed by atoms with Crippen LogP contribution in [0.1, 0.15) is 25.6 Å². The SMILES string of the molecule is CC(C)c1nnc2ccccc2n1. The van der Waals surface area contributed by atoms with Crippen LogP contribution in [0.3, 0.4) is 0 Å². The number of fused-ring (bicyclic) bond motifs is 1. The van der Waals surface area contributed by atoms with Gasteiger partial charge >= 0.3 is 0 Å².